The second-order valence-corrected chi connectivity index (χ2v) is 5.07. The van der Waals surface area contributed by atoms with E-state index in [1.165, 1.54) is 0 Å². The third-order valence-electron chi connectivity index (χ3n) is 3.68. The number of para-hydroxylation sites is 1. The van der Waals surface area contributed by atoms with E-state index in [2.05, 4.69) is 10.3 Å². The van der Waals surface area contributed by atoms with Crippen LogP contribution in [0.25, 0.3) is 5.69 Å². The Bertz CT molecular complexity index is 547. The summed E-state index contributed by atoms with van der Waals surface area (Å²) in [6.07, 6.45) is 2.68. The van der Waals surface area contributed by atoms with Crippen molar-refractivity contribution >= 4 is 0 Å². The molecule has 5 heteroatoms. The Balaban J connectivity index is 1.96. The van der Waals surface area contributed by atoms with E-state index in [4.69, 9.17) is 4.74 Å². The van der Waals surface area contributed by atoms with E-state index in [0.717, 1.165) is 18.5 Å². The lowest BCUT2D eigenvalue weighted by atomic mass is 9.93. The van der Waals surface area contributed by atoms with E-state index < -0.39 is 11.7 Å². The first kappa shape index (κ1) is 12.3. The van der Waals surface area contributed by atoms with E-state index in [0.29, 0.717) is 12.3 Å². The van der Waals surface area contributed by atoms with Crippen LogP contribution in [0, 0.1) is 0 Å². The molecule has 3 rings (SSSR count). The fourth-order valence-electron chi connectivity index (χ4n) is 2.53. The first-order chi connectivity index (χ1) is 9.21. The molecule has 2 aromatic rings. The molecule has 1 aromatic carbocycles. The summed E-state index contributed by atoms with van der Waals surface area (Å²) in [4.78, 5) is 0. The van der Waals surface area contributed by atoms with Crippen molar-refractivity contribution in [1.82, 2.24) is 15.0 Å². The molecule has 2 atom stereocenters. The van der Waals surface area contributed by atoms with Crippen LogP contribution >= 0.6 is 0 Å². The van der Waals surface area contributed by atoms with Gasteiger partial charge in [-0.1, -0.05) is 23.4 Å². The molecule has 1 N–H and O–H groups in total. The van der Waals surface area contributed by atoms with Gasteiger partial charge >= 0.3 is 0 Å². The van der Waals surface area contributed by atoms with Crippen LogP contribution in [0.3, 0.4) is 0 Å². The van der Waals surface area contributed by atoms with E-state index in [1.807, 2.05) is 37.3 Å². The summed E-state index contributed by atoms with van der Waals surface area (Å²) < 4.78 is 7.36. The van der Waals surface area contributed by atoms with Gasteiger partial charge in [0.15, 0.2) is 0 Å². The molecule has 0 aliphatic carbocycles. The van der Waals surface area contributed by atoms with Gasteiger partial charge in [0.05, 0.1) is 23.2 Å². The average molecular weight is 259 g/mol. The molecule has 2 unspecified atom stereocenters. The minimum atomic E-state index is -0.731. The van der Waals surface area contributed by atoms with Crippen LogP contribution in [0.2, 0.25) is 0 Å². The molecule has 1 aromatic heterocycles. The highest BCUT2D eigenvalue weighted by atomic mass is 16.5. The van der Waals surface area contributed by atoms with Crippen LogP contribution in [0.15, 0.2) is 36.5 Å². The van der Waals surface area contributed by atoms with Crippen molar-refractivity contribution in [3.8, 4) is 5.69 Å². The van der Waals surface area contributed by atoms with E-state index in [1.54, 1.807) is 10.9 Å². The van der Waals surface area contributed by atoms with Gasteiger partial charge in [0, 0.05) is 6.61 Å². The highest BCUT2D eigenvalue weighted by molar-refractivity contribution is 5.32. The number of nitrogens with zero attached hydrogens (tertiary/aromatic N) is 3. The third-order valence-corrected chi connectivity index (χ3v) is 3.68. The zero-order valence-corrected chi connectivity index (χ0v) is 10.9. The second-order valence-electron chi connectivity index (χ2n) is 5.07. The molecule has 1 fully saturated rings. The molecule has 0 bridgehead atoms. The maximum absolute atomic E-state index is 10.6. The Kier molecular flexibility index (Phi) is 3.08. The lowest BCUT2D eigenvalue weighted by molar-refractivity contribution is -0.0821. The highest BCUT2D eigenvalue weighted by Crippen LogP contribution is 2.37. The first-order valence-corrected chi connectivity index (χ1v) is 6.49. The predicted octanol–water partition coefficient (Wildman–Crippen LogP) is 1.87. The molecule has 1 saturated heterocycles. The fraction of sp³-hybridized carbons (Fsp3) is 0.429. The third kappa shape index (κ3) is 2.15. The molecule has 5 nitrogen and oxygen atoms in total. The molecule has 19 heavy (non-hydrogen) atoms. The number of aliphatic hydroxyl groups is 1. The van der Waals surface area contributed by atoms with E-state index >= 15 is 0 Å². The smallest absolute Gasteiger partial charge is 0.126 e. The molecule has 0 amide bonds. The van der Waals surface area contributed by atoms with Gasteiger partial charge in [0.1, 0.15) is 6.10 Å². The monoisotopic (exact) mass is 259 g/mol. The molecule has 0 spiro atoms. The molecule has 100 valence electrons. The Morgan fingerprint density at radius 2 is 2.16 bits per heavy atom. The van der Waals surface area contributed by atoms with Gasteiger partial charge < -0.3 is 9.84 Å². The number of ether oxygens (including phenoxy) is 1. The van der Waals surface area contributed by atoms with Crippen molar-refractivity contribution < 1.29 is 9.84 Å². The Morgan fingerprint density at radius 3 is 2.84 bits per heavy atom. The van der Waals surface area contributed by atoms with Crippen LogP contribution in [0.5, 0.6) is 0 Å². The maximum atomic E-state index is 10.6. The van der Waals surface area contributed by atoms with Gasteiger partial charge in [-0.15, -0.1) is 5.10 Å². The summed E-state index contributed by atoms with van der Waals surface area (Å²) >= 11 is 0. The largest absolute Gasteiger partial charge is 0.384 e. The van der Waals surface area contributed by atoms with Crippen molar-refractivity contribution in [3.63, 3.8) is 0 Å². The minimum Gasteiger partial charge on any atom is -0.384 e. The fourth-order valence-corrected chi connectivity index (χ4v) is 2.53. The Morgan fingerprint density at radius 1 is 1.37 bits per heavy atom. The van der Waals surface area contributed by atoms with Crippen molar-refractivity contribution in [2.24, 2.45) is 0 Å². The van der Waals surface area contributed by atoms with Crippen LogP contribution in [-0.4, -0.2) is 32.3 Å². The molecular formula is C14H17N3O2. The average Bonchev–Trinajstić information content (AvgIpc) is 3.08. The molecule has 2 heterocycles. The highest BCUT2D eigenvalue weighted by Gasteiger charge is 2.40. The van der Waals surface area contributed by atoms with Crippen molar-refractivity contribution in [2.45, 2.75) is 31.5 Å². The molecule has 1 aliphatic rings. The quantitative estimate of drug-likeness (QED) is 0.914. The predicted molar refractivity (Wildman–Crippen MR) is 69.9 cm³/mol. The number of hydrogen-bond acceptors (Lipinski definition) is 4. The standard InChI is InChI=1S/C14H17N3O2/c1-14(8-5-9-19-14)13(18)12-10-15-16-17(12)11-6-3-2-4-7-11/h2-4,6-7,10,13,18H,5,8-9H2,1H3. The molecule has 0 saturated carbocycles. The lowest BCUT2D eigenvalue weighted by Gasteiger charge is -2.29. The number of aliphatic hydroxyl groups excluding tert-OH is 1. The van der Waals surface area contributed by atoms with Gasteiger partial charge in [0.25, 0.3) is 0 Å². The number of hydrogen-bond donors (Lipinski definition) is 1. The number of benzene rings is 1. The van der Waals surface area contributed by atoms with Crippen molar-refractivity contribution in [1.29, 1.82) is 0 Å². The lowest BCUT2D eigenvalue weighted by Crippen LogP contribution is -2.33. The molecular weight excluding hydrogens is 242 g/mol. The summed E-state index contributed by atoms with van der Waals surface area (Å²) in [6, 6.07) is 9.67. The maximum Gasteiger partial charge on any atom is 0.126 e. The summed E-state index contributed by atoms with van der Waals surface area (Å²) in [6.45, 7) is 2.63. The Hall–Kier alpha value is -1.72. The molecule has 0 radical (unpaired) electrons. The Labute approximate surface area is 111 Å². The van der Waals surface area contributed by atoms with Crippen LogP contribution in [0.4, 0.5) is 0 Å². The van der Waals surface area contributed by atoms with Crippen LogP contribution < -0.4 is 0 Å². The topological polar surface area (TPSA) is 60.2 Å². The summed E-state index contributed by atoms with van der Waals surface area (Å²) in [5, 5.41) is 18.6. The van der Waals surface area contributed by atoms with Crippen molar-refractivity contribution in [2.75, 3.05) is 6.61 Å². The van der Waals surface area contributed by atoms with Gasteiger partial charge in [-0.05, 0) is 31.9 Å². The number of rotatable bonds is 3. The zero-order valence-electron chi connectivity index (χ0n) is 10.9. The summed E-state index contributed by atoms with van der Waals surface area (Å²) in [5.74, 6) is 0. The number of aromatic nitrogens is 3. The van der Waals surface area contributed by atoms with Gasteiger partial charge in [-0.2, -0.15) is 0 Å². The van der Waals surface area contributed by atoms with Crippen molar-refractivity contribution in [3.05, 3.63) is 42.2 Å². The summed E-state index contributed by atoms with van der Waals surface area (Å²) in [7, 11) is 0. The van der Waals surface area contributed by atoms with Gasteiger partial charge in [-0.25, -0.2) is 4.68 Å². The van der Waals surface area contributed by atoms with E-state index in [9.17, 15) is 5.11 Å². The normalized spacial score (nSPS) is 24.5. The zero-order chi connectivity index (χ0) is 13.3. The van der Waals surface area contributed by atoms with Crippen LogP contribution in [0.1, 0.15) is 31.6 Å². The molecule has 1 aliphatic heterocycles. The first-order valence-electron chi connectivity index (χ1n) is 6.49. The van der Waals surface area contributed by atoms with Gasteiger partial charge in [-0.3, -0.25) is 0 Å². The SMILES string of the molecule is CC1(C(O)c2cnnn2-c2ccccc2)CCCO1. The second kappa shape index (κ2) is 4.75. The van der Waals surface area contributed by atoms with Gasteiger partial charge in [0.2, 0.25) is 0 Å². The minimum absolute atomic E-state index is 0.547. The van der Waals surface area contributed by atoms with Crippen LogP contribution in [-0.2, 0) is 4.74 Å². The summed E-state index contributed by atoms with van der Waals surface area (Å²) in [5.41, 5.74) is 1.00. The van der Waals surface area contributed by atoms with E-state index in [-0.39, 0.29) is 0 Å².